The minimum absolute atomic E-state index is 0.566. The predicted molar refractivity (Wildman–Crippen MR) is 74.1 cm³/mol. The Bertz CT molecular complexity index is 563. The summed E-state index contributed by atoms with van der Waals surface area (Å²) in [6.45, 7) is 1.85. The van der Waals surface area contributed by atoms with Crippen molar-refractivity contribution in [2.75, 3.05) is 5.32 Å². The third-order valence-electron chi connectivity index (χ3n) is 2.47. The third-order valence-corrected chi connectivity index (χ3v) is 2.91. The van der Waals surface area contributed by atoms with Crippen LogP contribution in [0, 0.1) is 6.92 Å². The van der Waals surface area contributed by atoms with Crippen LogP contribution in [0.25, 0.3) is 0 Å². The molecule has 1 heterocycles. The van der Waals surface area contributed by atoms with Gasteiger partial charge >= 0.3 is 8.25 Å². The van der Waals surface area contributed by atoms with Gasteiger partial charge in [0.2, 0.25) is 0 Å². The summed E-state index contributed by atoms with van der Waals surface area (Å²) in [4.78, 5) is 13.3. The molecule has 100 valence electrons. The molecule has 1 aromatic heterocycles. The highest BCUT2D eigenvalue weighted by Crippen LogP contribution is 2.29. The molecule has 0 bridgehead atoms. The van der Waals surface area contributed by atoms with E-state index >= 15 is 0 Å². The molecule has 0 amide bonds. The van der Waals surface area contributed by atoms with Crippen molar-refractivity contribution in [3.8, 4) is 0 Å². The van der Waals surface area contributed by atoms with Gasteiger partial charge in [0.15, 0.2) is 6.23 Å². The van der Waals surface area contributed by atoms with Gasteiger partial charge in [0.25, 0.3) is 0 Å². The molecule has 1 aromatic carbocycles. The molecule has 0 fully saturated rings. The third kappa shape index (κ3) is 4.17. The molecule has 0 spiro atoms. The second-order valence-corrected chi connectivity index (χ2v) is 4.75. The molecular weight excluding hydrogens is 263 g/mol. The fourth-order valence-corrected chi connectivity index (χ4v) is 2.04. The number of hydrogen-bond acceptors (Lipinski definition) is 4. The fourth-order valence-electron chi connectivity index (χ4n) is 1.66. The van der Waals surface area contributed by atoms with Crippen molar-refractivity contribution in [1.29, 1.82) is 0 Å². The van der Waals surface area contributed by atoms with Crippen LogP contribution >= 0.6 is 8.25 Å². The molecule has 2 unspecified atom stereocenters. The van der Waals surface area contributed by atoms with Crippen LogP contribution in [0.2, 0.25) is 0 Å². The number of benzene rings is 1. The van der Waals surface area contributed by atoms with E-state index in [1.54, 1.807) is 6.07 Å². The van der Waals surface area contributed by atoms with Crippen LogP contribution in [0.5, 0.6) is 0 Å². The first kappa shape index (κ1) is 13.7. The van der Waals surface area contributed by atoms with Crippen molar-refractivity contribution in [3.63, 3.8) is 0 Å². The summed E-state index contributed by atoms with van der Waals surface area (Å²) < 4.78 is 16.0. The average molecular weight is 278 g/mol. The van der Waals surface area contributed by atoms with E-state index in [-0.39, 0.29) is 0 Å². The molecule has 0 aliphatic carbocycles. The smallest absolute Gasteiger partial charge is 0.318 e. The van der Waals surface area contributed by atoms with Gasteiger partial charge in [0.1, 0.15) is 0 Å². The molecule has 2 rings (SSSR count). The van der Waals surface area contributed by atoms with Crippen molar-refractivity contribution in [2.24, 2.45) is 0 Å². The summed E-state index contributed by atoms with van der Waals surface area (Å²) in [5.74, 6) is 0. The normalized spacial score (nSPS) is 13.8. The molecule has 5 nitrogen and oxygen atoms in total. The Balaban J connectivity index is 2.23. The van der Waals surface area contributed by atoms with Gasteiger partial charge in [0, 0.05) is 11.4 Å². The van der Waals surface area contributed by atoms with Crippen molar-refractivity contribution in [2.45, 2.75) is 13.2 Å². The molecule has 2 aromatic rings. The highest BCUT2D eigenvalue weighted by molar-refractivity contribution is 7.32. The largest absolute Gasteiger partial charge is 0.355 e. The molecule has 0 saturated carbocycles. The Kier molecular flexibility index (Phi) is 4.68. The van der Waals surface area contributed by atoms with Crippen LogP contribution in [0.1, 0.15) is 17.6 Å². The summed E-state index contributed by atoms with van der Waals surface area (Å²) in [5.41, 5.74) is 2.17. The number of rotatable bonds is 5. The quantitative estimate of drug-likeness (QED) is 0.650. The van der Waals surface area contributed by atoms with E-state index in [1.807, 2.05) is 49.4 Å². The summed E-state index contributed by atoms with van der Waals surface area (Å²) in [5, 5.41) is 3.03. The van der Waals surface area contributed by atoms with Crippen molar-refractivity contribution >= 4 is 13.9 Å². The van der Waals surface area contributed by atoms with Gasteiger partial charge in [-0.25, -0.2) is 0 Å². The predicted octanol–water partition coefficient (Wildman–Crippen LogP) is 2.90. The lowest BCUT2D eigenvalue weighted by atomic mass is 10.2. The lowest BCUT2D eigenvalue weighted by Gasteiger charge is -2.18. The molecule has 0 saturated heterocycles. The number of nitrogens with one attached hydrogen (secondary N) is 1. The second-order valence-electron chi connectivity index (χ2n) is 3.98. The number of para-hydroxylation sites is 1. The highest BCUT2D eigenvalue weighted by Gasteiger charge is 2.15. The van der Waals surface area contributed by atoms with Crippen LogP contribution in [0.4, 0.5) is 5.69 Å². The zero-order chi connectivity index (χ0) is 13.7. The molecule has 6 heteroatoms. The van der Waals surface area contributed by atoms with Gasteiger partial charge in [-0.15, -0.1) is 0 Å². The first-order valence-corrected chi connectivity index (χ1v) is 7.06. The Morgan fingerprint density at radius 1 is 1.21 bits per heavy atom. The van der Waals surface area contributed by atoms with E-state index in [0.717, 1.165) is 11.4 Å². The topological polar surface area (TPSA) is 71.5 Å². The fraction of sp³-hybridized carbons (Fsp3) is 0.154. The van der Waals surface area contributed by atoms with Crippen molar-refractivity contribution in [1.82, 2.24) is 4.98 Å². The molecule has 0 radical (unpaired) electrons. The summed E-state index contributed by atoms with van der Waals surface area (Å²) in [6.07, 6.45) is -0.751. The van der Waals surface area contributed by atoms with Crippen LogP contribution < -0.4 is 5.32 Å². The minimum atomic E-state index is -3.06. The SMILES string of the molecule is Cc1cccc(C(Nc2ccccc2)O[PH](=O)O)n1. The van der Waals surface area contributed by atoms with E-state index in [4.69, 9.17) is 9.42 Å². The van der Waals surface area contributed by atoms with E-state index in [0.29, 0.717) is 5.69 Å². The standard InChI is InChI=1S/C13H15N2O3P/c1-10-6-5-9-12(14-10)13(18-19(16)17)15-11-7-3-2-4-8-11/h2-9,13,15,19H,1H3,(H,16,17). The van der Waals surface area contributed by atoms with Crippen molar-refractivity contribution < 1.29 is 14.0 Å². The van der Waals surface area contributed by atoms with Crippen molar-refractivity contribution in [3.05, 3.63) is 59.9 Å². The first-order chi connectivity index (χ1) is 9.15. The van der Waals surface area contributed by atoms with Gasteiger partial charge in [-0.05, 0) is 31.2 Å². The summed E-state index contributed by atoms with van der Waals surface area (Å²) in [6, 6.07) is 14.7. The van der Waals surface area contributed by atoms with Gasteiger partial charge < -0.3 is 10.2 Å². The first-order valence-electron chi connectivity index (χ1n) is 5.80. The van der Waals surface area contributed by atoms with Gasteiger partial charge in [-0.1, -0.05) is 24.3 Å². The Hall–Kier alpha value is -1.68. The molecule has 0 aliphatic rings. The molecular formula is C13H15N2O3P. The monoisotopic (exact) mass is 278 g/mol. The van der Waals surface area contributed by atoms with Crippen LogP contribution in [-0.2, 0) is 9.09 Å². The molecule has 2 atom stereocenters. The van der Waals surface area contributed by atoms with E-state index in [9.17, 15) is 4.57 Å². The summed E-state index contributed by atoms with van der Waals surface area (Å²) >= 11 is 0. The Morgan fingerprint density at radius 2 is 1.95 bits per heavy atom. The Morgan fingerprint density at radius 3 is 2.58 bits per heavy atom. The average Bonchev–Trinajstić information content (AvgIpc) is 2.39. The van der Waals surface area contributed by atoms with E-state index in [2.05, 4.69) is 10.3 Å². The molecule has 0 aliphatic heterocycles. The zero-order valence-corrected chi connectivity index (χ0v) is 11.4. The number of aromatic nitrogens is 1. The maximum Gasteiger partial charge on any atom is 0.318 e. The van der Waals surface area contributed by atoms with E-state index in [1.165, 1.54) is 0 Å². The number of anilines is 1. The van der Waals surface area contributed by atoms with Crippen LogP contribution in [0.3, 0.4) is 0 Å². The van der Waals surface area contributed by atoms with E-state index < -0.39 is 14.5 Å². The number of aryl methyl sites for hydroxylation is 1. The van der Waals surface area contributed by atoms with Crippen LogP contribution in [-0.4, -0.2) is 9.88 Å². The maximum absolute atomic E-state index is 11.0. The lowest BCUT2D eigenvalue weighted by Crippen LogP contribution is -2.13. The second kappa shape index (κ2) is 6.48. The number of pyridine rings is 1. The number of hydrogen-bond donors (Lipinski definition) is 2. The lowest BCUT2D eigenvalue weighted by molar-refractivity contribution is 0.212. The Labute approximate surface area is 112 Å². The van der Waals surface area contributed by atoms with Gasteiger partial charge in [0.05, 0.1) is 5.69 Å². The maximum atomic E-state index is 11.0. The minimum Gasteiger partial charge on any atom is -0.355 e. The summed E-state index contributed by atoms with van der Waals surface area (Å²) in [7, 11) is -3.06. The number of nitrogens with zero attached hydrogens (tertiary/aromatic N) is 1. The highest BCUT2D eigenvalue weighted by atomic mass is 31.1. The molecule has 19 heavy (non-hydrogen) atoms. The van der Waals surface area contributed by atoms with Gasteiger partial charge in [-0.2, -0.15) is 0 Å². The van der Waals surface area contributed by atoms with Gasteiger partial charge in [-0.3, -0.25) is 14.1 Å². The molecule has 2 N–H and O–H groups in total. The zero-order valence-electron chi connectivity index (χ0n) is 10.4. The van der Waals surface area contributed by atoms with Crippen LogP contribution in [0.15, 0.2) is 48.5 Å².